The molecule has 4 heterocycles. The smallest absolute Gasteiger partial charge is 0.321 e. The van der Waals surface area contributed by atoms with Crippen LogP contribution in [-0.4, -0.2) is 55.0 Å². The third-order valence-electron chi connectivity index (χ3n) is 5.30. The Kier molecular flexibility index (Phi) is 6.25. The van der Waals surface area contributed by atoms with E-state index in [1.807, 2.05) is 38.1 Å². The quantitative estimate of drug-likeness (QED) is 0.472. The number of anilines is 1. The van der Waals surface area contributed by atoms with Crippen molar-refractivity contribution in [3.8, 4) is 11.1 Å². The van der Waals surface area contributed by atoms with Crippen molar-refractivity contribution in [1.29, 1.82) is 0 Å². The maximum atomic E-state index is 13.6. The van der Waals surface area contributed by atoms with E-state index in [0.717, 1.165) is 16.7 Å². The first kappa shape index (κ1) is 21.9. The summed E-state index contributed by atoms with van der Waals surface area (Å²) in [6.07, 6.45) is 6.79. The Morgan fingerprint density at radius 2 is 1.88 bits per heavy atom. The summed E-state index contributed by atoms with van der Waals surface area (Å²) in [5.41, 5.74) is 3.29. The summed E-state index contributed by atoms with van der Waals surface area (Å²) in [7, 11) is 1.74. The van der Waals surface area contributed by atoms with Crippen molar-refractivity contribution in [3.05, 3.63) is 72.4 Å². The molecule has 10 nitrogen and oxygen atoms in total. The zero-order valence-corrected chi connectivity index (χ0v) is 18.6. The van der Waals surface area contributed by atoms with Crippen LogP contribution < -0.4 is 10.6 Å². The lowest BCUT2D eigenvalue weighted by molar-refractivity contribution is 0.0734. The van der Waals surface area contributed by atoms with E-state index in [1.165, 1.54) is 4.52 Å². The van der Waals surface area contributed by atoms with Crippen molar-refractivity contribution in [3.63, 3.8) is 0 Å². The third-order valence-corrected chi connectivity index (χ3v) is 5.30. The number of rotatable bonds is 6. The summed E-state index contributed by atoms with van der Waals surface area (Å²) < 4.78 is 1.44. The number of urea groups is 1. The van der Waals surface area contributed by atoms with Gasteiger partial charge in [0.1, 0.15) is 5.69 Å². The van der Waals surface area contributed by atoms with Crippen LogP contribution >= 0.6 is 0 Å². The lowest BCUT2D eigenvalue weighted by Crippen LogP contribution is -2.31. The number of fused-ring (bicyclic) bond motifs is 1. The fraction of sp³-hybridized carbons (Fsp3) is 0.217. The first-order valence-corrected chi connectivity index (χ1v) is 10.5. The van der Waals surface area contributed by atoms with Crippen LogP contribution in [-0.2, 0) is 0 Å². The molecule has 0 aliphatic rings. The number of aromatic nitrogens is 5. The number of amides is 3. The van der Waals surface area contributed by atoms with Gasteiger partial charge in [-0.3, -0.25) is 20.1 Å². The molecule has 33 heavy (non-hydrogen) atoms. The van der Waals surface area contributed by atoms with E-state index < -0.39 is 6.03 Å². The fourth-order valence-electron chi connectivity index (χ4n) is 3.42. The van der Waals surface area contributed by atoms with Gasteiger partial charge in [0, 0.05) is 43.9 Å². The van der Waals surface area contributed by atoms with Crippen molar-refractivity contribution in [1.82, 2.24) is 34.8 Å². The van der Waals surface area contributed by atoms with Crippen molar-refractivity contribution in [2.75, 3.05) is 18.9 Å². The Morgan fingerprint density at radius 1 is 1.09 bits per heavy atom. The van der Waals surface area contributed by atoms with Gasteiger partial charge < -0.3 is 10.2 Å². The molecular formula is C23H24N8O2. The Morgan fingerprint density at radius 3 is 2.58 bits per heavy atom. The van der Waals surface area contributed by atoms with Crippen LogP contribution in [0.1, 0.15) is 35.9 Å². The predicted octanol–water partition coefficient (Wildman–Crippen LogP) is 3.16. The minimum absolute atomic E-state index is 0.100. The Labute approximate surface area is 190 Å². The maximum absolute atomic E-state index is 13.6. The van der Waals surface area contributed by atoms with E-state index in [1.54, 1.807) is 48.9 Å². The van der Waals surface area contributed by atoms with Crippen molar-refractivity contribution in [2.24, 2.45) is 0 Å². The molecule has 0 saturated heterocycles. The molecule has 10 heteroatoms. The highest BCUT2D eigenvalue weighted by atomic mass is 16.2. The fourth-order valence-corrected chi connectivity index (χ4v) is 3.42. The van der Waals surface area contributed by atoms with Crippen molar-refractivity contribution >= 4 is 23.5 Å². The van der Waals surface area contributed by atoms with Gasteiger partial charge >= 0.3 is 6.03 Å². The minimum atomic E-state index is -0.419. The Hall–Kier alpha value is -4.34. The summed E-state index contributed by atoms with van der Waals surface area (Å²) in [4.78, 5) is 39.8. The van der Waals surface area contributed by atoms with E-state index in [4.69, 9.17) is 0 Å². The van der Waals surface area contributed by atoms with Gasteiger partial charge in [-0.05, 0) is 55.3 Å². The average molecular weight is 444 g/mol. The summed E-state index contributed by atoms with van der Waals surface area (Å²) in [6.45, 7) is 4.22. The van der Waals surface area contributed by atoms with Gasteiger partial charge in [-0.2, -0.15) is 4.98 Å². The number of carbonyl (C=O) groups excluding carboxylic acids is 2. The zero-order valence-electron chi connectivity index (χ0n) is 18.6. The van der Waals surface area contributed by atoms with Crippen LogP contribution in [0.15, 0.2) is 61.2 Å². The van der Waals surface area contributed by atoms with Gasteiger partial charge in [-0.15, -0.1) is 5.10 Å². The molecule has 4 rings (SSSR count). The van der Waals surface area contributed by atoms with Gasteiger partial charge in [0.25, 0.3) is 11.9 Å². The Balaban J connectivity index is 1.77. The lowest BCUT2D eigenvalue weighted by atomic mass is 10.1. The van der Waals surface area contributed by atoms with Crippen molar-refractivity contribution in [2.45, 2.75) is 19.9 Å². The monoisotopic (exact) mass is 444 g/mol. The molecule has 0 spiro atoms. The zero-order chi connectivity index (χ0) is 23.4. The standard InChI is InChI=1S/C23H24N8O2/c1-4-26-23(33)28-22-27-20-13-18(17-6-5-9-25-14-17)12-19(31(20)29-22)21(32)30(3)15(2)16-7-10-24-11-8-16/h5-15H,4H2,1-3H3,(H2,26,28,29,33). The number of hydrogen-bond donors (Lipinski definition) is 2. The molecule has 1 atom stereocenters. The highest BCUT2D eigenvalue weighted by Crippen LogP contribution is 2.25. The largest absolute Gasteiger partial charge is 0.338 e. The minimum Gasteiger partial charge on any atom is -0.338 e. The SMILES string of the molecule is CCNC(=O)Nc1nc2cc(-c3cccnc3)cc(C(=O)N(C)C(C)c3ccncc3)n2n1. The van der Waals surface area contributed by atoms with Crippen LogP contribution in [0.25, 0.3) is 16.8 Å². The topological polar surface area (TPSA) is 117 Å². The second kappa shape index (κ2) is 9.43. The van der Waals surface area contributed by atoms with Crippen LogP contribution in [0, 0.1) is 0 Å². The van der Waals surface area contributed by atoms with E-state index in [-0.39, 0.29) is 17.9 Å². The van der Waals surface area contributed by atoms with Crippen LogP contribution in [0.3, 0.4) is 0 Å². The summed E-state index contributed by atoms with van der Waals surface area (Å²) >= 11 is 0. The van der Waals surface area contributed by atoms with E-state index in [0.29, 0.717) is 17.9 Å². The molecule has 1 unspecified atom stereocenters. The van der Waals surface area contributed by atoms with Crippen LogP contribution in [0.4, 0.5) is 10.7 Å². The molecule has 0 aliphatic carbocycles. The molecule has 168 valence electrons. The molecule has 2 N–H and O–H groups in total. The highest BCUT2D eigenvalue weighted by molar-refractivity contribution is 5.95. The number of carbonyl (C=O) groups is 2. The van der Waals surface area contributed by atoms with Crippen molar-refractivity contribution < 1.29 is 9.59 Å². The van der Waals surface area contributed by atoms with Gasteiger partial charge in [0.05, 0.1) is 6.04 Å². The molecule has 0 bridgehead atoms. The first-order valence-electron chi connectivity index (χ1n) is 10.5. The van der Waals surface area contributed by atoms with Crippen LogP contribution in [0.2, 0.25) is 0 Å². The molecule has 0 aromatic carbocycles. The summed E-state index contributed by atoms with van der Waals surface area (Å²) in [6, 6.07) is 10.4. The van der Waals surface area contributed by atoms with Gasteiger partial charge in [0.2, 0.25) is 0 Å². The molecule has 4 aromatic rings. The first-order chi connectivity index (χ1) is 16.0. The lowest BCUT2D eigenvalue weighted by Gasteiger charge is -2.25. The third kappa shape index (κ3) is 4.64. The number of nitrogens with one attached hydrogen (secondary N) is 2. The van der Waals surface area contributed by atoms with Gasteiger partial charge in [-0.25, -0.2) is 9.31 Å². The molecule has 0 radical (unpaired) electrons. The number of hydrogen-bond acceptors (Lipinski definition) is 6. The normalized spacial score (nSPS) is 11.7. The average Bonchev–Trinajstić information content (AvgIpc) is 3.25. The second-order valence-corrected chi connectivity index (χ2v) is 7.43. The van der Waals surface area contributed by atoms with Gasteiger partial charge in [0.15, 0.2) is 5.65 Å². The molecule has 0 aliphatic heterocycles. The summed E-state index contributed by atoms with van der Waals surface area (Å²) in [5, 5.41) is 9.60. The van der Waals surface area contributed by atoms with Crippen LogP contribution in [0.5, 0.6) is 0 Å². The molecule has 0 saturated carbocycles. The molecular weight excluding hydrogens is 420 g/mol. The maximum Gasteiger partial charge on any atom is 0.321 e. The second-order valence-electron chi connectivity index (χ2n) is 7.43. The predicted molar refractivity (Wildman–Crippen MR) is 124 cm³/mol. The number of pyridine rings is 3. The highest BCUT2D eigenvalue weighted by Gasteiger charge is 2.24. The number of nitrogens with zero attached hydrogens (tertiary/aromatic N) is 6. The van der Waals surface area contributed by atoms with E-state index in [9.17, 15) is 9.59 Å². The van der Waals surface area contributed by atoms with E-state index in [2.05, 4.69) is 30.7 Å². The molecule has 0 fully saturated rings. The molecule has 4 aromatic heterocycles. The van der Waals surface area contributed by atoms with E-state index >= 15 is 0 Å². The summed E-state index contributed by atoms with van der Waals surface area (Å²) in [5.74, 6) is -0.146. The molecule has 3 amide bonds. The van der Waals surface area contributed by atoms with Gasteiger partial charge in [-0.1, -0.05) is 6.07 Å². The Bertz CT molecular complexity index is 1270.